The summed E-state index contributed by atoms with van der Waals surface area (Å²) in [5.41, 5.74) is 0. The van der Waals surface area contributed by atoms with Crippen molar-refractivity contribution >= 4 is 25.7 Å². The first-order valence-electron chi connectivity index (χ1n) is 29.4. The van der Waals surface area contributed by atoms with Crippen molar-refractivity contribution in [1.82, 2.24) is 0 Å². The summed E-state index contributed by atoms with van der Waals surface area (Å²) in [6.45, 7) is 4.29. The van der Waals surface area contributed by atoms with Crippen molar-refractivity contribution in [3.8, 4) is 0 Å². The van der Waals surface area contributed by atoms with Gasteiger partial charge in [-0.1, -0.05) is 232 Å². The SMILES string of the molecule is CC/C=C\C/C=C\C/C=C\C/C=C\C/C=C\CCCC(=O)OCC(COP(=O)(O)OCC(CO)OC(=O)CCCCCCCCCCCCCCCCC)OC(=O)CCC/C=C\C/C=C\C/C=C\C/C=C\C/C=C\CC. The standard InChI is InChI=1S/C64H105O11P/c1-4-7-10-13-16-19-22-25-28-30-33-35-38-41-44-47-50-53-62(66)71-57-61(75-64(68)55-52-49-46-43-40-37-34-31-29-26-23-20-17-14-11-8-5-2)59-73-76(69,70)72-58-60(56-65)74-63(67)54-51-48-45-42-39-36-32-27-24-21-18-15-12-9-6-3/h7-8,10-11,16-17,19-20,25-26,28-29,33-35,37,41,43-44,46,60-61,65H,4-6,9,12-15,18,21-24,27,30-32,36,38-40,42,45,47-59H2,1-3H3,(H,69,70)/b10-7-,11-8-,19-16-,20-17-,28-25-,29-26-,35-33-,37-34-,44-41-,46-43-. The van der Waals surface area contributed by atoms with Crippen LogP contribution in [0, 0.1) is 0 Å². The van der Waals surface area contributed by atoms with Crippen LogP contribution in [0.25, 0.3) is 0 Å². The van der Waals surface area contributed by atoms with Gasteiger partial charge in [-0.3, -0.25) is 23.4 Å². The van der Waals surface area contributed by atoms with Crippen LogP contribution in [0.3, 0.4) is 0 Å². The maximum atomic E-state index is 12.9. The van der Waals surface area contributed by atoms with E-state index >= 15 is 0 Å². The van der Waals surface area contributed by atoms with Crippen LogP contribution in [0.4, 0.5) is 0 Å². The van der Waals surface area contributed by atoms with Crippen LogP contribution in [0.5, 0.6) is 0 Å². The number of carbonyl (C=O) groups excluding carboxylic acids is 3. The number of hydrogen-bond donors (Lipinski definition) is 2. The zero-order valence-corrected chi connectivity index (χ0v) is 48.6. The fourth-order valence-electron chi connectivity index (χ4n) is 7.49. The molecule has 12 heteroatoms. The van der Waals surface area contributed by atoms with Gasteiger partial charge in [0.1, 0.15) is 12.7 Å². The molecule has 0 aliphatic carbocycles. The predicted molar refractivity (Wildman–Crippen MR) is 316 cm³/mol. The van der Waals surface area contributed by atoms with Crippen molar-refractivity contribution in [3.05, 3.63) is 122 Å². The van der Waals surface area contributed by atoms with Gasteiger partial charge in [0.05, 0.1) is 19.8 Å². The molecule has 2 N–H and O–H groups in total. The minimum atomic E-state index is -4.78. The molecular formula is C64H105O11P. The summed E-state index contributed by atoms with van der Waals surface area (Å²) in [5.74, 6) is -1.61. The molecule has 0 aliphatic heterocycles. The molecule has 0 fully saturated rings. The molecule has 0 aliphatic rings. The molecule has 0 saturated carbocycles. The highest BCUT2D eigenvalue weighted by atomic mass is 31.2. The Labute approximate surface area is 462 Å². The van der Waals surface area contributed by atoms with E-state index < -0.39 is 64.4 Å². The van der Waals surface area contributed by atoms with E-state index in [1.807, 2.05) is 18.2 Å². The summed E-state index contributed by atoms with van der Waals surface area (Å²) in [5, 5.41) is 9.82. The first-order valence-corrected chi connectivity index (χ1v) is 30.9. The molecule has 0 spiro atoms. The lowest BCUT2D eigenvalue weighted by molar-refractivity contribution is -0.161. The van der Waals surface area contributed by atoms with Crippen LogP contribution in [0.2, 0.25) is 0 Å². The van der Waals surface area contributed by atoms with Gasteiger partial charge in [0.25, 0.3) is 0 Å². The van der Waals surface area contributed by atoms with Crippen LogP contribution < -0.4 is 0 Å². The summed E-state index contributed by atoms with van der Waals surface area (Å²) in [7, 11) is -4.78. The molecule has 0 aromatic rings. The highest BCUT2D eigenvalue weighted by Gasteiger charge is 2.28. The number of unbranched alkanes of at least 4 members (excludes halogenated alkanes) is 16. The Kier molecular flexibility index (Phi) is 54.0. The third-order valence-electron chi connectivity index (χ3n) is 11.9. The van der Waals surface area contributed by atoms with Gasteiger partial charge in [0.15, 0.2) is 6.10 Å². The topological polar surface area (TPSA) is 155 Å². The first-order chi connectivity index (χ1) is 37.2. The maximum absolute atomic E-state index is 12.9. The number of allylic oxidation sites excluding steroid dienone is 20. The zero-order chi connectivity index (χ0) is 55.5. The molecule has 0 saturated heterocycles. The molecule has 0 amide bonds. The van der Waals surface area contributed by atoms with Crippen molar-refractivity contribution in [3.63, 3.8) is 0 Å². The number of rotatable bonds is 53. The van der Waals surface area contributed by atoms with Crippen LogP contribution in [-0.2, 0) is 42.2 Å². The molecule has 3 atom stereocenters. The van der Waals surface area contributed by atoms with E-state index in [0.717, 1.165) is 83.5 Å². The fraction of sp³-hybridized carbons (Fsp3) is 0.641. The van der Waals surface area contributed by atoms with Gasteiger partial charge in [-0.2, -0.15) is 0 Å². The number of ether oxygens (including phenoxy) is 3. The number of hydrogen-bond acceptors (Lipinski definition) is 10. The van der Waals surface area contributed by atoms with Crippen LogP contribution in [0.15, 0.2) is 122 Å². The number of phosphoric ester groups is 1. The third kappa shape index (κ3) is 54.7. The van der Waals surface area contributed by atoms with Crippen molar-refractivity contribution in [2.24, 2.45) is 0 Å². The molecule has 0 heterocycles. The summed E-state index contributed by atoms with van der Waals surface area (Å²) in [6.07, 6.45) is 70.3. The summed E-state index contributed by atoms with van der Waals surface area (Å²) in [6, 6.07) is 0. The normalized spacial score (nSPS) is 14.2. The van der Waals surface area contributed by atoms with Gasteiger partial charge in [0.2, 0.25) is 0 Å². The Morgan fingerprint density at radius 2 is 0.684 bits per heavy atom. The third-order valence-corrected chi connectivity index (χ3v) is 12.8. The van der Waals surface area contributed by atoms with Crippen LogP contribution >= 0.6 is 7.82 Å². The largest absolute Gasteiger partial charge is 0.472 e. The summed E-state index contributed by atoms with van der Waals surface area (Å²) < 4.78 is 39.4. The van der Waals surface area contributed by atoms with E-state index in [0.29, 0.717) is 32.1 Å². The lowest BCUT2D eigenvalue weighted by Crippen LogP contribution is -2.30. The predicted octanol–water partition coefficient (Wildman–Crippen LogP) is 17.6. The Morgan fingerprint density at radius 3 is 1.05 bits per heavy atom. The number of aliphatic hydroxyl groups is 1. The average molecular weight is 1080 g/mol. The smallest absolute Gasteiger partial charge is 0.462 e. The second-order valence-electron chi connectivity index (χ2n) is 19.0. The number of aliphatic hydroxyl groups excluding tert-OH is 1. The Hall–Kier alpha value is -4.12. The van der Waals surface area contributed by atoms with Crippen LogP contribution in [-0.4, -0.2) is 66.5 Å². The quantitative estimate of drug-likeness (QED) is 0.0197. The second-order valence-corrected chi connectivity index (χ2v) is 20.5. The van der Waals surface area contributed by atoms with E-state index in [2.05, 4.69) is 124 Å². The van der Waals surface area contributed by atoms with Crippen LogP contribution in [0.1, 0.15) is 226 Å². The van der Waals surface area contributed by atoms with Crippen molar-refractivity contribution in [2.75, 3.05) is 26.4 Å². The first kappa shape index (κ1) is 71.9. The molecule has 76 heavy (non-hydrogen) atoms. The monoisotopic (exact) mass is 1080 g/mol. The van der Waals surface area contributed by atoms with Gasteiger partial charge >= 0.3 is 25.7 Å². The van der Waals surface area contributed by atoms with E-state index in [9.17, 15) is 28.9 Å². The molecule has 3 unspecified atom stereocenters. The Balaban J connectivity index is 4.88. The highest BCUT2D eigenvalue weighted by Crippen LogP contribution is 2.43. The number of carbonyl (C=O) groups is 3. The fourth-order valence-corrected chi connectivity index (χ4v) is 8.27. The Morgan fingerprint density at radius 1 is 0.382 bits per heavy atom. The van der Waals surface area contributed by atoms with Crippen molar-refractivity contribution in [1.29, 1.82) is 0 Å². The number of phosphoric acid groups is 1. The average Bonchev–Trinajstić information content (AvgIpc) is 3.41. The lowest BCUT2D eigenvalue weighted by atomic mass is 10.0. The molecule has 432 valence electrons. The maximum Gasteiger partial charge on any atom is 0.472 e. The van der Waals surface area contributed by atoms with Gasteiger partial charge < -0.3 is 24.2 Å². The second kappa shape index (κ2) is 57.1. The van der Waals surface area contributed by atoms with Crippen molar-refractivity contribution < 1.29 is 52.2 Å². The van der Waals surface area contributed by atoms with Gasteiger partial charge in [-0.05, 0) is 96.3 Å². The number of esters is 3. The minimum Gasteiger partial charge on any atom is -0.462 e. The molecule has 0 aromatic carbocycles. The summed E-state index contributed by atoms with van der Waals surface area (Å²) >= 11 is 0. The van der Waals surface area contributed by atoms with E-state index in [4.69, 9.17) is 23.3 Å². The van der Waals surface area contributed by atoms with Gasteiger partial charge in [-0.25, -0.2) is 4.57 Å². The van der Waals surface area contributed by atoms with E-state index in [1.54, 1.807) is 0 Å². The Bertz CT molecular complexity index is 1740. The lowest BCUT2D eigenvalue weighted by Gasteiger charge is -2.21. The molecule has 0 radical (unpaired) electrons. The molecular weight excluding hydrogens is 976 g/mol. The molecule has 0 rings (SSSR count). The zero-order valence-electron chi connectivity index (χ0n) is 47.7. The van der Waals surface area contributed by atoms with E-state index in [1.165, 1.54) is 70.6 Å². The van der Waals surface area contributed by atoms with Gasteiger partial charge in [-0.15, -0.1) is 0 Å². The molecule has 0 bridgehead atoms. The summed E-state index contributed by atoms with van der Waals surface area (Å²) in [4.78, 5) is 48.5. The molecule has 0 aromatic heterocycles. The van der Waals surface area contributed by atoms with Gasteiger partial charge in [0, 0.05) is 19.3 Å². The van der Waals surface area contributed by atoms with E-state index in [-0.39, 0.29) is 19.3 Å². The molecule has 11 nitrogen and oxygen atoms in total. The highest BCUT2D eigenvalue weighted by molar-refractivity contribution is 7.47. The minimum absolute atomic E-state index is 0.0717. The van der Waals surface area contributed by atoms with Crippen molar-refractivity contribution in [2.45, 2.75) is 238 Å².